The van der Waals surface area contributed by atoms with E-state index < -0.39 is 0 Å². The van der Waals surface area contributed by atoms with Crippen LogP contribution in [-0.4, -0.2) is 12.9 Å². The molecule has 2 atom stereocenters. The number of ether oxygens (including phenoxy) is 1. The monoisotopic (exact) mass is 400 g/mol. The minimum atomic E-state index is -0.311. The van der Waals surface area contributed by atoms with Crippen molar-refractivity contribution in [3.8, 4) is 5.75 Å². The molecule has 2 aromatic carbocycles. The number of para-hydroxylation sites is 2. The zero-order valence-electron chi connectivity index (χ0n) is 17.1. The molecule has 0 spiro atoms. The molecule has 0 amide bonds. The number of Topliss-reactive ketones (excluding diaryl/α,β-unsaturated/α-hetero) is 1. The Kier molecular flexibility index (Phi) is 4.58. The number of anilines is 2. The maximum absolute atomic E-state index is 13.4. The zero-order chi connectivity index (χ0) is 20.7. The molecule has 2 heterocycles. The summed E-state index contributed by atoms with van der Waals surface area (Å²) >= 11 is 0. The number of aryl methyl sites for hydroxylation is 1. The lowest BCUT2D eigenvalue weighted by atomic mass is 9.79. The second-order valence-corrected chi connectivity index (χ2v) is 7.89. The molecule has 0 saturated heterocycles. The van der Waals surface area contributed by atoms with E-state index in [2.05, 4.69) is 22.8 Å². The summed E-state index contributed by atoms with van der Waals surface area (Å²) in [7, 11) is 1.66. The maximum Gasteiger partial charge on any atom is 0.163 e. The van der Waals surface area contributed by atoms with Gasteiger partial charge >= 0.3 is 0 Å². The van der Waals surface area contributed by atoms with Crippen molar-refractivity contribution in [1.29, 1.82) is 0 Å². The molecule has 1 aliphatic carbocycles. The third-order valence-corrected chi connectivity index (χ3v) is 5.94. The fraction of sp³-hybridized carbons (Fsp3) is 0.240. The van der Waals surface area contributed by atoms with Crippen molar-refractivity contribution in [2.45, 2.75) is 31.7 Å². The zero-order valence-corrected chi connectivity index (χ0v) is 17.1. The van der Waals surface area contributed by atoms with E-state index in [1.807, 2.05) is 55.5 Å². The van der Waals surface area contributed by atoms with Crippen molar-refractivity contribution < 1.29 is 13.9 Å². The first-order chi connectivity index (χ1) is 14.6. The summed E-state index contributed by atoms with van der Waals surface area (Å²) in [6, 6.07) is 19.6. The minimum absolute atomic E-state index is 0.124. The Morgan fingerprint density at radius 2 is 1.73 bits per heavy atom. The first-order valence-electron chi connectivity index (χ1n) is 10.2. The van der Waals surface area contributed by atoms with Gasteiger partial charge in [0.25, 0.3) is 0 Å². The Labute approximate surface area is 175 Å². The van der Waals surface area contributed by atoms with E-state index in [4.69, 9.17) is 9.15 Å². The number of carbonyl (C=O) groups is 1. The van der Waals surface area contributed by atoms with E-state index >= 15 is 0 Å². The summed E-state index contributed by atoms with van der Waals surface area (Å²) in [5, 5.41) is 7.09. The Hall–Kier alpha value is -3.47. The van der Waals surface area contributed by atoms with Crippen LogP contribution < -0.4 is 15.4 Å². The Morgan fingerprint density at radius 3 is 2.43 bits per heavy atom. The van der Waals surface area contributed by atoms with E-state index in [-0.39, 0.29) is 17.7 Å². The second kappa shape index (κ2) is 7.41. The smallest absolute Gasteiger partial charge is 0.163 e. The van der Waals surface area contributed by atoms with Gasteiger partial charge in [0.1, 0.15) is 23.3 Å². The molecule has 5 rings (SSSR count). The number of methoxy groups -OCH3 is 1. The van der Waals surface area contributed by atoms with Crippen molar-refractivity contribution in [3.05, 3.63) is 89.0 Å². The lowest BCUT2D eigenvalue weighted by Crippen LogP contribution is -2.26. The molecule has 152 valence electrons. The number of benzene rings is 2. The quantitative estimate of drug-likeness (QED) is 0.601. The van der Waals surface area contributed by atoms with Gasteiger partial charge in [0.2, 0.25) is 0 Å². The van der Waals surface area contributed by atoms with Crippen molar-refractivity contribution >= 4 is 17.2 Å². The topological polar surface area (TPSA) is 63.5 Å². The van der Waals surface area contributed by atoms with Crippen LogP contribution in [0.25, 0.3) is 0 Å². The van der Waals surface area contributed by atoms with Gasteiger partial charge in [-0.15, -0.1) is 0 Å². The number of nitrogens with one attached hydrogen (secondary N) is 2. The van der Waals surface area contributed by atoms with Gasteiger partial charge in [-0.2, -0.15) is 0 Å². The summed E-state index contributed by atoms with van der Waals surface area (Å²) in [6.07, 6.45) is 1.24. The predicted octanol–water partition coefficient (Wildman–Crippen LogP) is 5.58. The molecule has 0 unspecified atom stereocenters. The van der Waals surface area contributed by atoms with Gasteiger partial charge in [0.15, 0.2) is 5.78 Å². The molecule has 3 aromatic rings. The number of hydrogen-bond donors (Lipinski definition) is 2. The van der Waals surface area contributed by atoms with Crippen LogP contribution in [0.1, 0.15) is 41.9 Å². The van der Waals surface area contributed by atoms with Crippen LogP contribution in [0.4, 0.5) is 11.4 Å². The second-order valence-electron chi connectivity index (χ2n) is 7.89. The third kappa shape index (κ3) is 3.26. The van der Waals surface area contributed by atoms with E-state index in [0.29, 0.717) is 6.42 Å². The minimum Gasteiger partial charge on any atom is -0.497 e. The molecule has 2 aliphatic rings. The number of carbonyl (C=O) groups excluding carboxylic acids is 1. The first kappa shape index (κ1) is 18.6. The average molecular weight is 400 g/mol. The highest BCUT2D eigenvalue weighted by Crippen LogP contribution is 2.44. The highest BCUT2D eigenvalue weighted by molar-refractivity contribution is 6.01. The summed E-state index contributed by atoms with van der Waals surface area (Å²) in [4.78, 5) is 13.4. The Morgan fingerprint density at radius 1 is 0.967 bits per heavy atom. The number of hydrogen-bond acceptors (Lipinski definition) is 5. The van der Waals surface area contributed by atoms with Gasteiger partial charge in [-0.1, -0.05) is 24.3 Å². The first-order valence-corrected chi connectivity index (χ1v) is 10.2. The van der Waals surface area contributed by atoms with Crippen LogP contribution >= 0.6 is 0 Å². The fourth-order valence-corrected chi connectivity index (χ4v) is 4.43. The molecular formula is C25H24N2O3. The summed E-state index contributed by atoms with van der Waals surface area (Å²) in [6.45, 7) is 1.92. The fourth-order valence-electron chi connectivity index (χ4n) is 4.43. The Bertz CT molecular complexity index is 1130. The van der Waals surface area contributed by atoms with Crippen molar-refractivity contribution in [3.63, 3.8) is 0 Å². The number of ketones is 1. The van der Waals surface area contributed by atoms with Crippen LogP contribution in [-0.2, 0) is 4.79 Å². The predicted molar refractivity (Wildman–Crippen MR) is 117 cm³/mol. The van der Waals surface area contributed by atoms with Gasteiger partial charge < -0.3 is 19.8 Å². The number of rotatable bonds is 3. The molecule has 5 nitrogen and oxygen atoms in total. The lowest BCUT2D eigenvalue weighted by Gasteiger charge is -2.29. The highest BCUT2D eigenvalue weighted by Gasteiger charge is 2.37. The lowest BCUT2D eigenvalue weighted by molar-refractivity contribution is -0.116. The molecule has 0 bridgehead atoms. The van der Waals surface area contributed by atoms with E-state index in [1.165, 1.54) is 0 Å². The third-order valence-electron chi connectivity index (χ3n) is 5.94. The largest absolute Gasteiger partial charge is 0.497 e. The molecule has 1 aromatic heterocycles. The van der Waals surface area contributed by atoms with Gasteiger partial charge in [-0.25, -0.2) is 0 Å². The molecule has 30 heavy (non-hydrogen) atoms. The summed E-state index contributed by atoms with van der Waals surface area (Å²) in [5.41, 5.74) is 4.81. The number of furan rings is 1. The molecule has 5 heteroatoms. The summed E-state index contributed by atoms with van der Waals surface area (Å²) in [5.74, 6) is 2.68. The van der Waals surface area contributed by atoms with Crippen LogP contribution in [0.5, 0.6) is 5.75 Å². The number of allylic oxidation sites excluding steroid dienone is 1. The molecule has 2 N–H and O–H groups in total. The van der Waals surface area contributed by atoms with Crippen molar-refractivity contribution in [2.24, 2.45) is 0 Å². The van der Waals surface area contributed by atoms with Crippen LogP contribution in [0.15, 0.2) is 76.4 Å². The van der Waals surface area contributed by atoms with Crippen LogP contribution in [0, 0.1) is 6.92 Å². The molecule has 0 fully saturated rings. The van der Waals surface area contributed by atoms with E-state index in [9.17, 15) is 4.79 Å². The number of fused-ring (bicyclic) bond motifs is 1. The van der Waals surface area contributed by atoms with Crippen LogP contribution in [0.2, 0.25) is 0 Å². The van der Waals surface area contributed by atoms with Crippen molar-refractivity contribution in [2.75, 3.05) is 17.7 Å². The van der Waals surface area contributed by atoms with Gasteiger partial charge in [0, 0.05) is 17.7 Å². The van der Waals surface area contributed by atoms with Gasteiger partial charge in [-0.3, -0.25) is 4.79 Å². The maximum atomic E-state index is 13.4. The SMILES string of the molecule is COc1ccc([C@H]2CC(=O)C3=C(C2)Nc2ccccc2N[C@@H]3c2ccc(C)o2)cc1. The van der Waals surface area contributed by atoms with Gasteiger partial charge in [-0.05, 0) is 61.2 Å². The van der Waals surface area contributed by atoms with Crippen molar-refractivity contribution in [1.82, 2.24) is 0 Å². The average Bonchev–Trinajstić information content (AvgIpc) is 3.11. The van der Waals surface area contributed by atoms with Gasteiger partial charge in [0.05, 0.1) is 18.5 Å². The van der Waals surface area contributed by atoms with E-state index in [0.717, 1.165) is 51.9 Å². The molecular weight excluding hydrogens is 376 g/mol. The Balaban J connectivity index is 1.57. The molecule has 1 aliphatic heterocycles. The van der Waals surface area contributed by atoms with Crippen LogP contribution in [0.3, 0.4) is 0 Å². The van der Waals surface area contributed by atoms with E-state index in [1.54, 1.807) is 7.11 Å². The molecule has 0 radical (unpaired) electrons. The normalized spacial score (nSPS) is 20.5. The standard InChI is InChI=1S/C25H24N2O3/c1-15-7-12-23(30-15)25-24-21(26-19-5-3-4-6-20(19)27-25)13-17(14-22(24)28)16-8-10-18(29-2)11-9-16/h3-12,17,25-27H,13-14H2,1-2H3/t17-,25-/m1/s1. The highest BCUT2D eigenvalue weighted by atomic mass is 16.5. The summed E-state index contributed by atoms with van der Waals surface area (Å²) < 4.78 is 11.2. The molecule has 0 saturated carbocycles.